The summed E-state index contributed by atoms with van der Waals surface area (Å²) in [6.07, 6.45) is 0. The predicted octanol–water partition coefficient (Wildman–Crippen LogP) is 2.62. The van der Waals surface area contributed by atoms with Crippen molar-refractivity contribution >= 4 is 11.7 Å². The van der Waals surface area contributed by atoms with E-state index in [0.29, 0.717) is 0 Å². The highest BCUT2D eigenvalue weighted by atomic mass is 16.2. The molecule has 2 amide bonds. The van der Waals surface area contributed by atoms with Crippen LogP contribution in [0.2, 0.25) is 0 Å². The van der Waals surface area contributed by atoms with Crippen molar-refractivity contribution in [2.75, 3.05) is 11.9 Å². The lowest BCUT2D eigenvalue weighted by Crippen LogP contribution is -2.40. The number of anilines is 1. The third kappa shape index (κ3) is 1.25. The molecule has 3 nitrogen and oxygen atoms in total. The molecule has 1 atom stereocenters. The predicted molar refractivity (Wildman–Crippen MR) is 56.3 cm³/mol. The van der Waals surface area contributed by atoms with Gasteiger partial charge in [-0.05, 0) is 25.5 Å². The van der Waals surface area contributed by atoms with Gasteiger partial charge in [0.2, 0.25) is 0 Å². The van der Waals surface area contributed by atoms with E-state index in [0.717, 1.165) is 12.2 Å². The van der Waals surface area contributed by atoms with Crippen LogP contribution in [0.3, 0.4) is 0 Å². The lowest BCUT2D eigenvalue weighted by molar-refractivity contribution is 0.193. The van der Waals surface area contributed by atoms with Gasteiger partial charge in [0, 0.05) is 12.2 Å². The van der Waals surface area contributed by atoms with E-state index in [1.165, 1.54) is 5.56 Å². The standard InChI is InChI=1S/C11H14N2O/c1-3-13-8(2)9-6-4-5-7-10(9)12-11(13)14/h4-8H,3H2,1-2H3,(H,12,14)/t8-/m0/s1. The molecule has 1 heterocycles. The molecule has 0 saturated heterocycles. The summed E-state index contributed by atoms with van der Waals surface area (Å²) in [5.41, 5.74) is 2.13. The molecule has 1 aromatic carbocycles. The average Bonchev–Trinajstić information content (AvgIpc) is 2.18. The molecule has 0 aromatic heterocycles. The summed E-state index contributed by atoms with van der Waals surface area (Å²) in [5.74, 6) is 0. The van der Waals surface area contributed by atoms with Gasteiger partial charge < -0.3 is 10.2 Å². The van der Waals surface area contributed by atoms with Crippen molar-refractivity contribution in [3.05, 3.63) is 29.8 Å². The van der Waals surface area contributed by atoms with Crippen LogP contribution in [0.1, 0.15) is 25.5 Å². The molecule has 1 N–H and O–H groups in total. The van der Waals surface area contributed by atoms with Crippen LogP contribution < -0.4 is 5.32 Å². The van der Waals surface area contributed by atoms with Gasteiger partial charge in [0.25, 0.3) is 0 Å². The van der Waals surface area contributed by atoms with Gasteiger partial charge in [0.05, 0.1) is 6.04 Å². The Morgan fingerprint density at radius 1 is 1.43 bits per heavy atom. The molecule has 1 aliphatic heterocycles. The maximum atomic E-state index is 11.6. The van der Waals surface area contributed by atoms with Crippen molar-refractivity contribution in [1.29, 1.82) is 0 Å². The van der Waals surface area contributed by atoms with E-state index in [9.17, 15) is 4.79 Å². The van der Waals surface area contributed by atoms with Crippen molar-refractivity contribution in [3.8, 4) is 0 Å². The quantitative estimate of drug-likeness (QED) is 0.725. The fraction of sp³-hybridized carbons (Fsp3) is 0.364. The van der Waals surface area contributed by atoms with Gasteiger partial charge >= 0.3 is 6.03 Å². The highest BCUT2D eigenvalue weighted by molar-refractivity contribution is 5.92. The molecule has 74 valence electrons. The Hall–Kier alpha value is -1.51. The summed E-state index contributed by atoms with van der Waals surface area (Å²) < 4.78 is 0. The monoisotopic (exact) mass is 190 g/mol. The minimum atomic E-state index is -0.00120. The van der Waals surface area contributed by atoms with Crippen molar-refractivity contribution in [1.82, 2.24) is 4.90 Å². The molecule has 0 aliphatic carbocycles. The number of para-hydroxylation sites is 1. The molecule has 1 aliphatic rings. The molecule has 0 fully saturated rings. The van der Waals surface area contributed by atoms with E-state index in [2.05, 4.69) is 18.3 Å². The van der Waals surface area contributed by atoms with Crippen LogP contribution in [0, 0.1) is 0 Å². The first-order valence-corrected chi connectivity index (χ1v) is 4.90. The molecule has 0 unspecified atom stereocenters. The van der Waals surface area contributed by atoms with E-state index in [1.54, 1.807) is 0 Å². The van der Waals surface area contributed by atoms with Gasteiger partial charge in [-0.3, -0.25) is 0 Å². The largest absolute Gasteiger partial charge is 0.322 e. The highest BCUT2D eigenvalue weighted by Crippen LogP contribution is 2.31. The first kappa shape index (κ1) is 9.06. The number of fused-ring (bicyclic) bond motifs is 1. The molecule has 0 saturated carbocycles. The zero-order chi connectivity index (χ0) is 10.1. The summed E-state index contributed by atoms with van der Waals surface area (Å²) >= 11 is 0. The molecule has 0 spiro atoms. The molecule has 0 radical (unpaired) electrons. The van der Waals surface area contributed by atoms with Crippen LogP contribution in [0.25, 0.3) is 0 Å². The van der Waals surface area contributed by atoms with Crippen molar-refractivity contribution in [2.24, 2.45) is 0 Å². The van der Waals surface area contributed by atoms with E-state index in [4.69, 9.17) is 0 Å². The Balaban J connectivity index is 2.43. The molecular formula is C11H14N2O. The first-order chi connectivity index (χ1) is 6.74. The van der Waals surface area contributed by atoms with E-state index in [-0.39, 0.29) is 12.1 Å². The summed E-state index contributed by atoms with van der Waals surface area (Å²) in [5, 5.41) is 2.88. The number of hydrogen-bond donors (Lipinski definition) is 1. The Morgan fingerprint density at radius 3 is 2.86 bits per heavy atom. The normalized spacial score (nSPS) is 20.3. The third-order valence-electron chi connectivity index (χ3n) is 2.72. The van der Waals surface area contributed by atoms with E-state index in [1.807, 2.05) is 30.0 Å². The smallest absolute Gasteiger partial charge is 0.318 e. The minimum absolute atomic E-state index is 0.00120. The number of rotatable bonds is 1. The Kier molecular flexibility index (Phi) is 2.15. The number of carbonyl (C=O) groups excluding carboxylic acids is 1. The maximum absolute atomic E-state index is 11.6. The van der Waals surface area contributed by atoms with Crippen LogP contribution >= 0.6 is 0 Å². The number of nitrogens with one attached hydrogen (secondary N) is 1. The summed E-state index contributed by atoms with van der Waals surface area (Å²) in [7, 11) is 0. The van der Waals surface area contributed by atoms with Gasteiger partial charge in [-0.15, -0.1) is 0 Å². The average molecular weight is 190 g/mol. The van der Waals surface area contributed by atoms with Crippen LogP contribution in [0.15, 0.2) is 24.3 Å². The molecule has 2 rings (SSSR count). The molecule has 14 heavy (non-hydrogen) atoms. The van der Waals surface area contributed by atoms with Crippen LogP contribution in [0.4, 0.5) is 10.5 Å². The molecule has 0 bridgehead atoms. The van der Waals surface area contributed by atoms with Gasteiger partial charge in [0.15, 0.2) is 0 Å². The third-order valence-corrected chi connectivity index (χ3v) is 2.72. The number of carbonyl (C=O) groups is 1. The molecular weight excluding hydrogens is 176 g/mol. The Bertz CT molecular complexity index is 362. The van der Waals surface area contributed by atoms with Crippen molar-refractivity contribution in [3.63, 3.8) is 0 Å². The maximum Gasteiger partial charge on any atom is 0.322 e. The second-order valence-electron chi connectivity index (χ2n) is 3.48. The Labute approximate surface area is 83.7 Å². The van der Waals surface area contributed by atoms with Crippen LogP contribution in [-0.4, -0.2) is 17.5 Å². The number of urea groups is 1. The lowest BCUT2D eigenvalue weighted by Gasteiger charge is -2.34. The topological polar surface area (TPSA) is 32.3 Å². The molecule has 1 aromatic rings. The number of benzene rings is 1. The van der Waals surface area contributed by atoms with Crippen LogP contribution in [-0.2, 0) is 0 Å². The fourth-order valence-corrected chi connectivity index (χ4v) is 1.92. The van der Waals surface area contributed by atoms with Crippen LogP contribution in [0.5, 0.6) is 0 Å². The zero-order valence-corrected chi connectivity index (χ0v) is 8.45. The van der Waals surface area contributed by atoms with Gasteiger partial charge in [-0.1, -0.05) is 18.2 Å². The minimum Gasteiger partial charge on any atom is -0.318 e. The number of nitrogens with zero attached hydrogens (tertiary/aromatic N) is 1. The van der Waals surface area contributed by atoms with E-state index >= 15 is 0 Å². The number of amides is 2. The summed E-state index contributed by atoms with van der Waals surface area (Å²) in [6, 6.07) is 8.11. The second-order valence-corrected chi connectivity index (χ2v) is 3.48. The number of hydrogen-bond acceptors (Lipinski definition) is 1. The SMILES string of the molecule is CCN1C(=O)Nc2ccccc2[C@@H]1C. The summed E-state index contributed by atoms with van der Waals surface area (Å²) in [6.45, 7) is 4.78. The van der Waals surface area contributed by atoms with Gasteiger partial charge in [0.1, 0.15) is 0 Å². The highest BCUT2D eigenvalue weighted by Gasteiger charge is 2.27. The van der Waals surface area contributed by atoms with Gasteiger partial charge in [-0.25, -0.2) is 4.79 Å². The van der Waals surface area contributed by atoms with Gasteiger partial charge in [-0.2, -0.15) is 0 Å². The van der Waals surface area contributed by atoms with Crippen molar-refractivity contribution < 1.29 is 4.79 Å². The second kappa shape index (κ2) is 3.33. The zero-order valence-electron chi connectivity index (χ0n) is 8.45. The van der Waals surface area contributed by atoms with Crippen molar-refractivity contribution in [2.45, 2.75) is 19.9 Å². The Morgan fingerprint density at radius 2 is 2.14 bits per heavy atom. The fourth-order valence-electron chi connectivity index (χ4n) is 1.92. The van der Waals surface area contributed by atoms with E-state index < -0.39 is 0 Å². The first-order valence-electron chi connectivity index (χ1n) is 4.90. The summed E-state index contributed by atoms with van der Waals surface area (Å²) in [4.78, 5) is 13.4. The lowest BCUT2D eigenvalue weighted by atomic mass is 10.0. The molecule has 3 heteroatoms.